The number of ether oxygens (including phenoxy) is 1. The molecule has 0 saturated carbocycles. The Hall–Kier alpha value is -1.86. The van der Waals surface area contributed by atoms with Crippen molar-refractivity contribution in [3.8, 4) is 5.75 Å². The Kier molecular flexibility index (Phi) is 4.10. The van der Waals surface area contributed by atoms with E-state index in [1.807, 2.05) is 0 Å². The molecule has 106 valence electrons. The van der Waals surface area contributed by atoms with Crippen molar-refractivity contribution in [1.82, 2.24) is 4.98 Å². The van der Waals surface area contributed by atoms with E-state index in [9.17, 15) is 12.8 Å². The van der Waals surface area contributed by atoms with Gasteiger partial charge in [-0.15, -0.1) is 0 Å². The molecule has 1 N–H and O–H groups in total. The molecule has 0 radical (unpaired) electrons. The minimum absolute atomic E-state index is 0.00608. The lowest BCUT2D eigenvalue weighted by Gasteiger charge is -2.11. The zero-order chi connectivity index (χ0) is 14.8. The van der Waals surface area contributed by atoms with Crippen molar-refractivity contribution in [1.29, 1.82) is 0 Å². The summed E-state index contributed by atoms with van der Waals surface area (Å²) in [6.45, 7) is 0. The number of pyridine rings is 1. The smallest absolute Gasteiger partial charge is 0.266 e. The van der Waals surface area contributed by atoms with E-state index in [0.717, 1.165) is 12.3 Å². The van der Waals surface area contributed by atoms with Crippen LogP contribution < -0.4 is 9.46 Å². The van der Waals surface area contributed by atoms with Crippen LogP contribution in [-0.2, 0) is 10.0 Å². The van der Waals surface area contributed by atoms with E-state index in [4.69, 9.17) is 16.3 Å². The van der Waals surface area contributed by atoms with Gasteiger partial charge in [0, 0.05) is 5.02 Å². The molecule has 8 heteroatoms. The van der Waals surface area contributed by atoms with Gasteiger partial charge in [-0.3, -0.25) is 4.72 Å². The summed E-state index contributed by atoms with van der Waals surface area (Å²) >= 11 is 5.79. The summed E-state index contributed by atoms with van der Waals surface area (Å²) in [6, 6.07) is 6.51. The maximum absolute atomic E-state index is 12.7. The highest BCUT2D eigenvalue weighted by molar-refractivity contribution is 7.92. The number of rotatable bonds is 4. The average molecular weight is 317 g/mol. The summed E-state index contributed by atoms with van der Waals surface area (Å²) in [6.07, 6.45) is 0.910. The largest absolute Gasteiger partial charge is 0.495 e. The number of hydrogen-bond acceptors (Lipinski definition) is 4. The summed E-state index contributed by atoms with van der Waals surface area (Å²) in [7, 11) is -2.59. The number of halogens is 2. The fourth-order valence-corrected chi connectivity index (χ4v) is 2.93. The van der Waals surface area contributed by atoms with Gasteiger partial charge >= 0.3 is 0 Å². The third-order valence-corrected chi connectivity index (χ3v) is 3.99. The Morgan fingerprint density at radius 1 is 1.30 bits per heavy atom. The maximum atomic E-state index is 12.7. The molecule has 0 atom stereocenters. The van der Waals surface area contributed by atoms with Crippen molar-refractivity contribution < 1.29 is 17.5 Å². The first kappa shape index (κ1) is 14.5. The van der Waals surface area contributed by atoms with Crippen molar-refractivity contribution in [3.05, 3.63) is 47.4 Å². The summed E-state index contributed by atoms with van der Waals surface area (Å²) in [5.74, 6) is -0.425. The van der Waals surface area contributed by atoms with Crippen LogP contribution in [-0.4, -0.2) is 20.5 Å². The van der Waals surface area contributed by atoms with Crippen LogP contribution in [0, 0.1) is 5.82 Å². The number of nitrogens with one attached hydrogen (secondary N) is 1. The molecule has 0 aliphatic rings. The van der Waals surface area contributed by atoms with Gasteiger partial charge in [0.2, 0.25) is 0 Å². The minimum atomic E-state index is -3.94. The lowest BCUT2D eigenvalue weighted by molar-refractivity contribution is 0.403. The van der Waals surface area contributed by atoms with Gasteiger partial charge in [-0.2, -0.15) is 0 Å². The molecule has 0 saturated heterocycles. The number of anilines is 1. The van der Waals surface area contributed by atoms with Gasteiger partial charge in [0.05, 0.1) is 13.3 Å². The second-order valence-electron chi connectivity index (χ2n) is 3.76. The third-order valence-electron chi connectivity index (χ3n) is 2.38. The molecular formula is C12H10ClFN2O3S. The predicted molar refractivity (Wildman–Crippen MR) is 73.0 cm³/mol. The Balaban J connectivity index is 2.40. The fraction of sp³-hybridized carbons (Fsp3) is 0.0833. The number of methoxy groups -OCH3 is 1. The molecule has 2 aromatic rings. The van der Waals surface area contributed by atoms with Crippen molar-refractivity contribution >= 4 is 27.4 Å². The second-order valence-corrected chi connectivity index (χ2v) is 5.85. The molecule has 5 nitrogen and oxygen atoms in total. The summed E-state index contributed by atoms with van der Waals surface area (Å²) in [4.78, 5) is 3.50. The topological polar surface area (TPSA) is 68.3 Å². The van der Waals surface area contributed by atoms with Crippen LogP contribution in [0.3, 0.4) is 0 Å². The average Bonchev–Trinajstić information content (AvgIpc) is 2.41. The molecule has 0 amide bonds. The van der Waals surface area contributed by atoms with E-state index in [1.54, 1.807) is 0 Å². The van der Waals surface area contributed by atoms with Crippen LogP contribution >= 0.6 is 11.6 Å². The lowest BCUT2D eigenvalue weighted by Crippen LogP contribution is -2.15. The van der Waals surface area contributed by atoms with Crippen LogP contribution in [0.1, 0.15) is 0 Å². The molecule has 1 aromatic heterocycles. The first-order valence-electron chi connectivity index (χ1n) is 5.40. The molecule has 0 fully saturated rings. The van der Waals surface area contributed by atoms with Crippen LogP contribution in [0.2, 0.25) is 5.02 Å². The van der Waals surface area contributed by atoms with E-state index in [2.05, 4.69) is 9.71 Å². The molecule has 1 aromatic carbocycles. The highest BCUT2D eigenvalue weighted by atomic mass is 35.5. The first-order valence-corrected chi connectivity index (χ1v) is 7.26. The number of sulfonamides is 1. The highest BCUT2D eigenvalue weighted by Gasteiger charge is 2.20. The molecule has 0 unspecified atom stereocenters. The number of aromatic nitrogens is 1. The Morgan fingerprint density at radius 2 is 2.05 bits per heavy atom. The van der Waals surface area contributed by atoms with Crippen molar-refractivity contribution in [2.75, 3.05) is 11.8 Å². The lowest BCUT2D eigenvalue weighted by atomic mass is 10.3. The van der Waals surface area contributed by atoms with Gasteiger partial charge in [0.15, 0.2) is 0 Å². The van der Waals surface area contributed by atoms with Crippen molar-refractivity contribution in [2.24, 2.45) is 0 Å². The Bertz CT molecular complexity index is 720. The first-order chi connectivity index (χ1) is 9.42. The highest BCUT2D eigenvalue weighted by Crippen LogP contribution is 2.28. The number of benzene rings is 1. The van der Waals surface area contributed by atoms with Gasteiger partial charge in [-0.25, -0.2) is 17.8 Å². The molecule has 2 rings (SSSR count). The molecule has 0 aliphatic carbocycles. The molecule has 0 spiro atoms. The van der Waals surface area contributed by atoms with Gasteiger partial charge in [-0.1, -0.05) is 11.6 Å². The maximum Gasteiger partial charge on any atom is 0.266 e. The predicted octanol–water partition coefficient (Wildman–Crippen LogP) is 2.68. The van der Waals surface area contributed by atoms with Crippen LogP contribution in [0.5, 0.6) is 5.75 Å². The summed E-state index contributed by atoms with van der Waals surface area (Å²) in [5.41, 5.74) is 0. The summed E-state index contributed by atoms with van der Waals surface area (Å²) < 4.78 is 44.4. The third kappa shape index (κ3) is 3.17. The fourth-order valence-electron chi connectivity index (χ4n) is 1.49. The van der Waals surface area contributed by atoms with E-state index < -0.39 is 15.8 Å². The number of hydrogen-bond donors (Lipinski definition) is 1. The van der Waals surface area contributed by atoms with Crippen LogP contribution in [0.4, 0.5) is 10.2 Å². The molecule has 1 heterocycles. The minimum Gasteiger partial charge on any atom is -0.495 e. The van der Waals surface area contributed by atoms with E-state index in [-0.39, 0.29) is 21.5 Å². The van der Waals surface area contributed by atoms with Gasteiger partial charge < -0.3 is 4.74 Å². The molecule has 0 bridgehead atoms. The Labute approximate surface area is 120 Å². The molecule has 0 aliphatic heterocycles. The second kappa shape index (κ2) is 5.64. The molecular weight excluding hydrogens is 307 g/mol. The zero-order valence-electron chi connectivity index (χ0n) is 10.3. The zero-order valence-corrected chi connectivity index (χ0v) is 11.9. The van der Waals surface area contributed by atoms with Crippen molar-refractivity contribution in [3.63, 3.8) is 0 Å². The standard InChI is InChI=1S/C12H10ClFN2O3S/c1-19-10-4-2-8(13)6-11(10)20(17,18)16-12-5-3-9(14)7-15-12/h2-7H,1H3,(H,15,16). The Morgan fingerprint density at radius 3 is 2.65 bits per heavy atom. The monoisotopic (exact) mass is 316 g/mol. The normalized spacial score (nSPS) is 11.2. The van der Waals surface area contributed by atoms with Gasteiger partial charge in [-0.05, 0) is 30.3 Å². The van der Waals surface area contributed by atoms with Gasteiger partial charge in [0.25, 0.3) is 10.0 Å². The number of nitrogens with zero attached hydrogens (tertiary/aromatic N) is 1. The van der Waals surface area contributed by atoms with Crippen LogP contribution in [0.25, 0.3) is 0 Å². The molecule has 20 heavy (non-hydrogen) atoms. The quantitative estimate of drug-likeness (QED) is 0.941. The van der Waals surface area contributed by atoms with E-state index in [0.29, 0.717) is 0 Å². The van der Waals surface area contributed by atoms with Crippen LogP contribution in [0.15, 0.2) is 41.4 Å². The van der Waals surface area contributed by atoms with Crippen molar-refractivity contribution in [2.45, 2.75) is 4.90 Å². The van der Waals surface area contributed by atoms with E-state index in [1.165, 1.54) is 31.4 Å². The van der Waals surface area contributed by atoms with E-state index >= 15 is 0 Å². The summed E-state index contributed by atoms with van der Waals surface area (Å²) in [5, 5.41) is 0.248. The SMILES string of the molecule is COc1ccc(Cl)cc1S(=O)(=O)Nc1ccc(F)cn1. The van der Waals surface area contributed by atoms with Gasteiger partial charge in [0.1, 0.15) is 22.3 Å².